The van der Waals surface area contributed by atoms with Crippen LogP contribution in [-0.4, -0.2) is 49.9 Å². The third kappa shape index (κ3) is 6.71. The highest BCUT2D eigenvalue weighted by molar-refractivity contribution is 6.42. The standard InChI is InChI=1S/C15H16Cl2N2O4/c1-18-13(20)8-19(2)14(21)9-23-15(22)6-4-10-3-5-11(16)12(17)7-10/h3-7H,8-9H2,1-2H3,(H,18,20)/b6-4+. The van der Waals surface area contributed by atoms with E-state index in [-0.39, 0.29) is 12.5 Å². The van der Waals surface area contributed by atoms with Crippen molar-refractivity contribution >= 4 is 47.1 Å². The lowest BCUT2D eigenvalue weighted by molar-refractivity contribution is -0.148. The molecule has 0 spiro atoms. The minimum absolute atomic E-state index is 0.105. The average Bonchev–Trinajstić information content (AvgIpc) is 2.53. The lowest BCUT2D eigenvalue weighted by Gasteiger charge is -2.15. The first kappa shape index (κ1) is 19.0. The van der Waals surface area contributed by atoms with Crippen LogP contribution in [-0.2, 0) is 19.1 Å². The van der Waals surface area contributed by atoms with Gasteiger partial charge in [0.25, 0.3) is 5.91 Å². The van der Waals surface area contributed by atoms with Gasteiger partial charge in [0, 0.05) is 20.2 Å². The summed E-state index contributed by atoms with van der Waals surface area (Å²) in [5, 5.41) is 3.17. The van der Waals surface area contributed by atoms with Gasteiger partial charge in [-0.05, 0) is 23.8 Å². The molecular formula is C15H16Cl2N2O4. The van der Waals surface area contributed by atoms with Crippen molar-refractivity contribution in [3.8, 4) is 0 Å². The lowest BCUT2D eigenvalue weighted by Crippen LogP contribution is -2.38. The summed E-state index contributed by atoms with van der Waals surface area (Å²) >= 11 is 11.6. The summed E-state index contributed by atoms with van der Waals surface area (Å²) in [5.41, 5.74) is 0.666. The average molecular weight is 359 g/mol. The second-order valence-electron chi connectivity index (χ2n) is 4.54. The topological polar surface area (TPSA) is 75.7 Å². The van der Waals surface area contributed by atoms with E-state index in [2.05, 4.69) is 5.32 Å². The van der Waals surface area contributed by atoms with Gasteiger partial charge in [-0.15, -0.1) is 0 Å². The fourth-order valence-corrected chi connectivity index (χ4v) is 1.76. The molecule has 0 heterocycles. The molecule has 8 heteroatoms. The van der Waals surface area contributed by atoms with Gasteiger partial charge in [-0.1, -0.05) is 29.3 Å². The van der Waals surface area contributed by atoms with Crippen LogP contribution in [0.4, 0.5) is 0 Å². The van der Waals surface area contributed by atoms with Gasteiger partial charge in [0.2, 0.25) is 5.91 Å². The van der Waals surface area contributed by atoms with Crippen LogP contribution in [0.3, 0.4) is 0 Å². The Morgan fingerprint density at radius 3 is 2.57 bits per heavy atom. The number of carbonyl (C=O) groups excluding carboxylic acids is 3. The van der Waals surface area contributed by atoms with E-state index in [9.17, 15) is 14.4 Å². The van der Waals surface area contributed by atoms with Crippen LogP contribution >= 0.6 is 23.2 Å². The number of ether oxygens (including phenoxy) is 1. The molecule has 0 saturated heterocycles. The monoisotopic (exact) mass is 358 g/mol. The van der Waals surface area contributed by atoms with E-state index in [1.807, 2.05) is 0 Å². The molecule has 0 aliphatic rings. The van der Waals surface area contributed by atoms with Crippen LogP contribution in [0.1, 0.15) is 5.56 Å². The van der Waals surface area contributed by atoms with Gasteiger partial charge in [0.1, 0.15) is 0 Å². The van der Waals surface area contributed by atoms with E-state index in [1.54, 1.807) is 18.2 Å². The molecule has 23 heavy (non-hydrogen) atoms. The Hall–Kier alpha value is -2.05. The molecule has 1 aromatic carbocycles. The van der Waals surface area contributed by atoms with Gasteiger partial charge in [-0.2, -0.15) is 0 Å². The predicted octanol–water partition coefficient (Wildman–Crippen LogP) is 1.75. The van der Waals surface area contributed by atoms with Gasteiger partial charge in [0.15, 0.2) is 6.61 Å². The maximum atomic E-state index is 11.7. The van der Waals surface area contributed by atoms with Crippen LogP contribution in [0.2, 0.25) is 10.0 Å². The highest BCUT2D eigenvalue weighted by Gasteiger charge is 2.13. The summed E-state index contributed by atoms with van der Waals surface area (Å²) in [7, 11) is 2.91. The molecule has 0 radical (unpaired) electrons. The third-order valence-electron chi connectivity index (χ3n) is 2.78. The zero-order valence-corrected chi connectivity index (χ0v) is 14.1. The molecular weight excluding hydrogens is 343 g/mol. The molecule has 0 fully saturated rings. The minimum Gasteiger partial charge on any atom is -0.452 e. The smallest absolute Gasteiger partial charge is 0.331 e. The SMILES string of the molecule is CNC(=O)CN(C)C(=O)COC(=O)/C=C/c1ccc(Cl)c(Cl)c1. The number of halogens is 2. The fourth-order valence-electron chi connectivity index (χ4n) is 1.45. The minimum atomic E-state index is -0.683. The summed E-state index contributed by atoms with van der Waals surface area (Å²) in [6, 6.07) is 4.88. The first-order valence-electron chi connectivity index (χ1n) is 6.58. The van der Waals surface area contributed by atoms with Crippen molar-refractivity contribution in [2.75, 3.05) is 27.2 Å². The molecule has 0 aliphatic heterocycles. The molecule has 124 valence electrons. The van der Waals surface area contributed by atoms with E-state index in [1.165, 1.54) is 26.2 Å². The second-order valence-corrected chi connectivity index (χ2v) is 5.35. The lowest BCUT2D eigenvalue weighted by atomic mass is 10.2. The summed E-state index contributed by atoms with van der Waals surface area (Å²) in [4.78, 5) is 35.5. The zero-order valence-electron chi connectivity index (χ0n) is 12.6. The Balaban J connectivity index is 2.47. The quantitative estimate of drug-likeness (QED) is 0.620. The van der Waals surface area contributed by atoms with Gasteiger partial charge >= 0.3 is 5.97 Å². The predicted molar refractivity (Wildman–Crippen MR) is 88.2 cm³/mol. The van der Waals surface area contributed by atoms with E-state index in [0.29, 0.717) is 15.6 Å². The third-order valence-corrected chi connectivity index (χ3v) is 3.52. The van der Waals surface area contributed by atoms with Crippen molar-refractivity contribution < 1.29 is 19.1 Å². The Kier molecular flexibility index (Phi) is 7.57. The molecule has 0 aliphatic carbocycles. The van der Waals surface area contributed by atoms with Gasteiger partial charge in [0.05, 0.1) is 16.6 Å². The molecule has 0 aromatic heterocycles. The van der Waals surface area contributed by atoms with E-state index in [4.69, 9.17) is 27.9 Å². The molecule has 1 aromatic rings. The van der Waals surface area contributed by atoms with Crippen LogP contribution in [0.5, 0.6) is 0 Å². The van der Waals surface area contributed by atoms with Crippen molar-refractivity contribution in [3.63, 3.8) is 0 Å². The number of nitrogens with zero attached hydrogens (tertiary/aromatic N) is 1. The maximum Gasteiger partial charge on any atom is 0.331 e. The van der Waals surface area contributed by atoms with E-state index in [0.717, 1.165) is 4.90 Å². The Labute approximate surface area is 144 Å². The molecule has 0 unspecified atom stereocenters. The first-order valence-corrected chi connectivity index (χ1v) is 7.33. The van der Waals surface area contributed by atoms with Crippen molar-refractivity contribution in [3.05, 3.63) is 39.9 Å². The highest BCUT2D eigenvalue weighted by Crippen LogP contribution is 2.23. The van der Waals surface area contributed by atoms with Crippen LogP contribution < -0.4 is 5.32 Å². The molecule has 0 bridgehead atoms. The number of hydrogen-bond donors (Lipinski definition) is 1. The largest absolute Gasteiger partial charge is 0.452 e. The van der Waals surface area contributed by atoms with Gasteiger partial charge < -0.3 is 15.0 Å². The summed E-state index contributed by atoms with van der Waals surface area (Å²) in [5.74, 6) is -1.48. The Bertz CT molecular complexity index is 632. The number of esters is 1. The number of hydrogen-bond acceptors (Lipinski definition) is 4. The maximum absolute atomic E-state index is 11.7. The van der Waals surface area contributed by atoms with Crippen molar-refractivity contribution in [1.29, 1.82) is 0 Å². The number of nitrogens with one attached hydrogen (secondary N) is 1. The number of rotatable bonds is 6. The number of benzene rings is 1. The molecule has 2 amide bonds. The second kappa shape index (κ2) is 9.17. The number of carbonyl (C=O) groups is 3. The normalized spacial score (nSPS) is 10.4. The molecule has 0 saturated carbocycles. The number of likely N-dealkylation sites (N-methyl/N-ethyl adjacent to an activating group) is 2. The summed E-state index contributed by atoms with van der Waals surface area (Å²) in [6.07, 6.45) is 2.66. The van der Waals surface area contributed by atoms with Crippen LogP contribution in [0.25, 0.3) is 6.08 Å². The summed E-state index contributed by atoms with van der Waals surface area (Å²) < 4.78 is 4.81. The van der Waals surface area contributed by atoms with Gasteiger partial charge in [-0.3, -0.25) is 9.59 Å². The first-order chi connectivity index (χ1) is 10.8. The van der Waals surface area contributed by atoms with Crippen molar-refractivity contribution in [2.45, 2.75) is 0 Å². The highest BCUT2D eigenvalue weighted by atomic mass is 35.5. The van der Waals surface area contributed by atoms with E-state index < -0.39 is 18.5 Å². The molecule has 0 atom stereocenters. The van der Waals surface area contributed by atoms with Gasteiger partial charge in [-0.25, -0.2) is 4.79 Å². The number of amides is 2. The fraction of sp³-hybridized carbons (Fsp3) is 0.267. The van der Waals surface area contributed by atoms with Crippen LogP contribution in [0, 0.1) is 0 Å². The molecule has 6 nitrogen and oxygen atoms in total. The van der Waals surface area contributed by atoms with Crippen molar-refractivity contribution in [2.24, 2.45) is 0 Å². The van der Waals surface area contributed by atoms with Crippen LogP contribution in [0.15, 0.2) is 24.3 Å². The summed E-state index contributed by atoms with van der Waals surface area (Å²) in [6.45, 7) is -0.552. The van der Waals surface area contributed by atoms with Crippen molar-refractivity contribution in [1.82, 2.24) is 10.2 Å². The zero-order chi connectivity index (χ0) is 17.4. The molecule has 1 N–H and O–H groups in total. The molecule has 1 rings (SSSR count). The Morgan fingerprint density at radius 1 is 1.26 bits per heavy atom. The Morgan fingerprint density at radius 2 is 1.96 bits per heavy atom. The van der Waals surface area contributed by atoms with E-state index >= 15 is 0 Å².